The third-order valence-electron chi connectivity index (χ3n) is 4.72. The van der Waals surface area contributed by atoms with Crippen molar-refractivity contribution in [2.75, 3.05) is 12.4 Å². The van der Waals surface area contributed by atoms with Crippen molar-refractivity contribution in [3.8, 4) is 5.75 Å². The fraction of sp³-hybridized carbons (Fsp3) is 0.316. The summed E-state index contributed by atoms with van der Waals surface area (Å²) in [5.74, 6) is -0.428. The Hall–Kier alpha value is -2.50. The van der Waals surface area contributed by atoms with Gasteiger partial charge >= 0.3 is 6.18 Å². The predicted octanol–water partition coefficient (Wildman–Crippen LogP) is 4.63. The molecular formula is C19H18F3NO2. The number of anilines is 1. The second kappa shape index (κ2) is 6.43. The Labute approximate surface area is 143 Å². The second-order valence-electron chi connectivity index (χ2n) is 6.19. The van der Waals surface area contributed by atoms with E-state index in [0.29, 0.717) is 5.75 Å². The molecule has 3 nitrogen and oxygen atoms in total. The van der Waals surface area contributed by atoms with Crippen molar-refractivity contribution in [3.05, 3.63) is 59.2 Å². The van der Waals surface area contributed by atoms with Crippen LogP contribution in [0.3, 0.4) is 0 Å². The third-order valence-corrected chi connectivity index (χ3v) is 4.72. The lowest BCUT2D eigenvalue weighted by Gasteiger charge is -2.22. The van der Waals surface area contributed by atoms with Gasteiger partial charge in [-0.15, -0.1) is 0 Å². The maximum absolute atomic E-state index is 13.4. The Balaban J connectivity index is 2.08. The fourth-order valence-corrected chi connectivity index (χ4v) is 3.27. The summed E-state index contributed by atoms with van der Waals surface area (Å²) >= 11 is 0. The molecule has 0 unspecified atom stereocenters. The Morgan fingerprint density at radius 2 is 1.80 bits per heavy atom. The van der Waals surface area contributed by atoms with Gasteiger partial charge < -0.3 is 10.1 Å². The van der Waals surface area contributed by atoms with E-state index in [9.17, 15) is 18.0 Å². The number of carbonyl (C=O) groups is 1. The van der Waals surface area contributed by atoms with Gasteiger partial charge in [-0.05, 0) is 47.7 Å². The minimum atomic E-state index is -4.46. The van der Waals surface area contributed by atoms with Gasteiger partial charge in [0.15, 0.2) is 0 Å². The number of alkyl halides is 3. The van der Waals surface area contributed by atoms with Crippen molar-refractivity contribution in [3.63, 3.8) is 0 Å². The summed E-state index contributed by atoms with van der Waals surface area (Å²) in [7, 11) is 1.54. The van der Waals surface area contributed by atoms with Crippen LogP contribution in [0.2, 0.25) is 0 Å². The first-order valence-electron chi connectivity index (χ1n) is 7.95. The number of halogens is 3. The number of fused-ring (bicyclic) bond motifs is 1. The summed E-state index contributed by atoms with van der Waals surface area (Å²) in [4.78, 5) is 12.4. The Bertz CT molecular complexity index is 784. The van der Waals surface area contributed by atoms with Crippen LogP contribution in [-0.4, -0.2) is 13.0 Å². The van der Waals surface area contributed by atoms with Gasteiger partial charge in [0.25, 0.3) is 0 Å². The highest BCUT2D eigenvalue weighted by Crippen LogP contribution is 2.41. The van der Waals surface area contributed by atoms with E-state index in [2.05, 4.69) is 5.32 Å². The Morgan fingerprint density at radius 1 is 1.12 bits per heavy atom. The number of nitrogens with one attached hydrogen (secondary N) is 1. The summed E-state index contributed by atoms with van der Waals surface area (Å²) in [6, 6.07) is 11.0. The van der Waals surface area contributed by atoms with Gasteiger partial charge in [-0.25, -0.2) is 0 Å². The average Bonchev–Trinajstić information content (AvgIpc) is 2.71. The van der Waals surface area contributed by atoms with E-state index in [1.54, 1.807) is 38.3 Å². The normalized spacial score (nSPS) is 20.4. The predicted molar refractivity (Wildman–Crippen MR) is 88.7 cm³/mol. The number of rotatable bonds is 2. The lowest BCUT2D eigenvalue weighted by molar-refractivity contribution is -0.138. The first-order chi connectivity index (χ1) is 11.8. The zero-order valence-corrected chi connectivity index (χ0v) is 13.9. The van der Waals surface area contributed by atoms with E-state index < -0.39 is 17.7 Å². The van der Waals surface area contributed by atoms with Crippen LogP contribution >= 0.6 is 0 Å². The van der Waals surface area contributed by atoms with Crippen LogP contribution < -0.4 is 10.1 Å². The molecule has 0 fully saturated rings. The van der Waals surface area contributed by atoms with E-state index in [1.807, 2.05) is 0 Å². The van der Waals surface area contributed by atoms with Crippen LogP contribution in [0.1, 0.15) is 29.5 Å². The second-order valence-corrected chi connectivity index (χ2v) is 6.19. The Kier molecular flexibility index (Phi) is 4.45. The molecule has 0 bridgehead atoms. The molecule has 2 aromatic carbocycles. The van der Waals surface area contributed by atoms with Crippen LogP contribution in [0, 0.1) is 5.92 Å². The van der Waals surface area contributed by atoms with Crippen LogP contribution in [0.15, 0.2) is 42.5 Å². The molecule has 3 rings (SSSR count). The highest BCUT2D eigenvalue weighted by molar-refractivity contribution is 5.95. The molecule has 0 saturated carbocycles. The van der Waals surface area contributed by atoms with Crippen LogP contribution in [0.5, 0.6) is 5.75 Å². The molecule has 6 heteroatoms. The van der Waals surface area contributed by atoms with E-state index in [0.717, 1.165) is 11.6 Å². The molecule has 0 aromatic heterocycles. The van der Waals surface area contributed by atoms with Crippen molar-refractivity contribution in [2.24, 2.45) is 5.92 Å². The molecule has 1 aliphatic rings. The molecule has 25 heavy (non-hydrogen) atoms. The van der Waals surface area contributed by atoms with Crippen molar-refractivity contribution in [1.29, 1.82) is 0 Å². The van der Waals surface area contributed by atoms with Gasteiger partial charge in [-0.1, -0.05) is 25.1 Å². The maximum atomic E-state index is 13.4. The Morgan fingerprint density at radius 3 is 2.40 bits per heavy atom. The minimum Gasteiger partial charge on any atom is -0.497 e. The largest absolute Gasteiger partial charge is 0.497 e. The molecule has 1 aliphatic heterocycles. The number of carbonyl (C=O) groups excluding carboxylic acids is 1. The molecule has 1 heterocycles. The quantitative estimate of drug-likeness (QED) is 0.859. The van der Waals surface area contributed by atoms with E-state index >= 15 is 0 Å². The van der Waals surface area contributed by atoms with E-state index in [1.165, 1.54) is 12.1 Å². The van der Waals surface area contributed by atoms with Gasteiger partial charge in [-0.3, -0.25) is 4.79 Å². The van der Waals surface area contributed by atoms with Crippen LogP contribution in [0.4, 0.5) is 18.9 Å². The molecule has 0 radical (unpaired) electrons. The fourth-order valence-electron chi connectivity index (χ4n) is 3.27. The summed E-state index contributed by atoms with van der Waals surface area (Å²) < 4.78 is 45.3. The minimum absolute atomic E-state index is 0.133. The highest BCUT2D eigenvalue weighted by atomic mass is 19.4. The monoisotopic (exact) mass is 349 g/mol. The van der Waals surface area contributed by atoms with Crippen molar-refractivity contribution < 1.29 is 22.7 Å². The lowest BCUT2D eigenvalue weighted by atomic mass is 9.82. The topological polar surface area (TPSA) is 38.3 Å². The summed E-state index contributed by atoms with van der Waals surface area (Å²) in [6.45, 7) is 1.74. The summed E-state index contributed by atoms with van der Waals surface area (Å²) in [6.07, 6.45) is -4.33. The van der Waals surface area contributed by atoms with Gasteiger partial charge in [0.05, 0.1) is 12.7 Å². The maximum Gasteiger partial charge on any atom is 0.416 e. The van der Waals surface area contributed by atoms with Gasteiger partial charge in [0.1, 0.15) is 5.75 Å². The number of methoxy groups -OCH3 is 1. The highest BCUT2D eigenvalue weighted by Gasteiger charge is 2.38. The molecule has 1 amide bonds. The van der Waals surface area contributed by atoms with Crippen molar-refractivity contribution in [1.82, 2.24) is 0 Å². The lowest BCUT2D eigenvalue weighted by Crippen LogP contribution is -2.24. The zero-order chi connectivity index (χ0) is 18.2. The van der Waals surface area contributed by atoms with Gasteiger partial charge in [0, 0.05) is 11.6 Å². The van der Waals surface area contributed by atoms with Crippen LogP contribution in [0.25, 0.3) is 0 Å². The molecule has 132 valence electrons. The SMILES string of the molecule is COc1ccc([C@@H]2Cc3c(cccc3C(F)(F)F)NC(=O)[C@@H]2C)cc1. The smallest absolute Gasteiger partial charge is 0.416 e. The zero-order valence-electron chi connectivity index (χ0n) is 13.9. The van der Waals surface area contributed by atoms with E-state index in [-0.39, 0.29) is 29.5 Å². The summed E-state index contributed by atoms with van der Waals surface area (Å²) in [5, 5.41) is 2.64. The average molecular weight is 349 g/mol. The van der Waals surface area contributed by atoms with Crippen LogP contribution in [-0.2, 0) is 17.4 Å². The molecular weight excluding hydrogens is 331 g/mol. The first-order valence-corrected chi connectivity index (χ1v) is 7.95. The number of hydrogen-bond donors (Lipinski definition) is 1. The molecule has 0 saturated heterocycles. The van der Waals surface area contributed by atoms with Gasteiger partial charge in [0.2, 0.25) is 5.91 Å². The molecule has 0 spiro atoms. The molecule has 0 aliphatic carbocycles. The number of benzene rings is 2. The van der Waals surface area contributed by atoms with E-state index in [4.69, 9.17) is 4.74 Å². The van der Waals surface area contributed by atoms with Crippen molar-refractivity contribution in [2.45, 2.75) is 25.4 Å². The molecule has 1 N–H and O–H groups in total. The standard InChI is InChI=1S/C19H18F3NO2/c1-11-14(12-6-8-13(25-2)9-7-12)10-15-16(19(20,21)22)4-3-5-17(15)23-18(11)24/h3-9,11,14H,10H2,1-2H3,(H,23,24)/t11-,14-/m1/s1. The molecule has 2 atom stereocenters. The first kappa shape index (κ1) is 17.3. The number of ether oxygens (including phenoxy) is 1. The van der Waals surface area contributed by atoms with Crippen molar-refractivity contribution >= 4 is 11.6 Å². The van der Waals surface area contributed by atoms with Gasteiger partial charge in [-0.2, -0.15) is 13.2 Å². The third kappa shape index (κ3) is 3.34. The molecule has 2 aromatic rings. The number of hydrogen-bond acceptors (Lipinski definition) is 2. The summed E-state index contributed by atoms with van der Waals surface area (Å²) in [5.41, 5.74) is 0.488. The number of amides is 1.